The third kappa shape index (κ3) is 2.80. The van der Waals surface area contributed by atoms with Gasteiger partial charge in [0, 0.05) is 12.6 Å². The predicted octanol–water partition coefficient (Wildman–Crippen LogP) is 2.54. The van der Waals surface area contributed by atoms with Crippen LogP contribution in [0.15, 0.2) is 23.1 Å². The number of benzene rings is 1. The van der Waals surface area contributed by atoms with Crippen LogP contribution in [0.3, 0.4) is 0 Å². The molecule has 0 N–H and O–H groups in total. The van der Waals surface area contributed by atoms with Gasteiger partial charge >= 0.3 is 5.69 Å². The Bertz CT molecular complexity index is 628. The van der Waals surface area contributed by atoms with Crippen LogP contribution in [0.4, 0.5) is 10.1 Å². The average molecular weight is 304 g/mol. The van der Waals surface area contributed by atoms with Gasteiger partial charge < -0.3 is 0 Å². The van der Waals surface area contributed by atoms with E-state index < -0.39 is 36.9 Å². The van der Waals surface area contributed by atoms with Crippen molar-refractivity contribution in [3.8, 4) is 0 Å². The molecular formula is C12H17FN2O4S. The molecule has 1 rings (SSSR count). The van der Waals surface area contributed by atoms with Crippen molar-refractivity contribution in [2.24, 2.45) is 0 Å². The Kier molecular flexibility index (Phi) is 4.50. The number of rotatable bonds is 5. The molecule has 8 heteroatoms. The lowest BCUT2D eigenvalue weighted by Crippen LogP contribution is -2.44. The van der Waals surface area contributed by atoms with Crippen LogP contribution in [0.2, 0.25) is 0 Å². The van der Waals surface area contributed by atoms with Gasteiger partial charge in [-0.2, -0.15) is 8.70 Å². The third-order valence-corrected chi connectivity index (χ3v) is 5.59. The SMILES string of the molecule is CCC(C)(C)N(C)S(=O)(=O)c1cccc(F)c1[N+](=O)[O-]. The summed E-state index contributed by atoms with van der Waals surface area (Å²) in [5.41, 5.74) is -1.76. The summed E-state index contributed by atoms with van der Waals surface area (Å²) in [6, 6.07) is 3.04. The van der Waals surface area contributed by atoms with E-state index in [4.69, 9.17) is 0 Å². The first-order valence-corrected chi connectivity index (χ1v) is 7.41. The molecule has 0 saturated carbocycles. The highest BCUT2D eigenvalue weighted by atomic mass is 32.2. The molecule has 0 heterocycles. The molecule has 0 aromatic heterocycles. The standard InChI is InChI=1S/C12H17FN2O4S/c1-5-12(2,3)14(4)20(18,19)10-8-6-7-9(13)11(10)15(16)17/h6-8H,5H2,1-4H3. The van der Waals surface area contributed by atoms with Crippen molar-refractivity contribution >= 4 is 15.7 Å². The summed E-state index contributed by atoms with van der Waals surface area (Å²) in [7, 11) is -2.83. The monoisotopic (exact) mass is 304 g/mol. The largest absolute Gasteiger partial charge is 0.324 e. The minimum atomic E-state index is -4.16. The quantitative estimate of drug-likeness (QED) is 0.618. The van der Waals surface area contributed by atoms with Crippen LogP contribution in [0, 0.1) is 15.9 Å². The molecule has 6 nitrogen and oxygen atoms in total. The maximum absolute atomic E-state index is 13.5. The Hall–Kier alpha value is -1.54. The molecule has 0 aliphatic carbocycles. The lowest BCUT2D eigenvalue weighted by Gasteiger charge is -2.33. The van der Waals surface area contributed by atoms with Crippen molar-refractivity contribution in [3.63, 3.8) is 0 Å². The number of hydrogen-bond donors (Lipinski definition) is 0. The first-order valence-electron chi connectivity index (χ1n) is 5.97. The summed E-state index contributed by atoms with van der Waals surface area (Å²) in [4.78, 5) is 9.26. The number of hydrogen-bond acceptors (Lipinski definition) is 4. The highest BCUT2D eigenvalue weighted by Gasteiger charge is 2.38. The van der Waals surface area contributed by atoms with E-state index >= 15 is 0 Å². The number of halogens is 1. The fourth-order valence-electron chi connectivity index (χ4n) is 1.58. The maximum atomic E-state index is 13.5. The van der Waals surface area contributed by atoms with Crippen LogP contribution < -0.4 is 0 Å². The summed E-state index contributed by atoms with van der Waals surface area (Å²) >= 11 is 0. The minimum absolute atomic E-state index is 0.506. The molecular weight excluding hydrogens is 287 g/mol. The van der Waals surface area contributed by atoms with Crippen molar-refractivity contribution in [1.29, 1.82) is 0 Å². The van der Waals surface area contributed by atoms with E-state index in [1.54, 1.807) is 20.8 Å². The minimum Gasteiger partial charge on any atom is -0.258 e. The molecule has 20 heavy (non-hydrogen) atoms. The molecule has 0 aliphatic heterocycles. The summed E-state index contributed by atoms with van der Waals surface area (Å²) in [5.74, 6) is -1.17. The Balaban J connectivity index is 3.52. The van der Waals surface area contributed by atoms with Crippen LogP contribution in [0.5, 0.6) is 0 Å². The maximum Gasteiger partial charge on any atom is 0.324 e. The van der Waals surface area contributed by atoms with Gasteiger partial charge in [-0.1, -0.05) is 13.0 Å². The third-order valence-electron chi connectivity index (χ3n) is 3.49. The second-order valence-corrected chi connectivity index (χ2v) is 6.92. The highest BCUT2D eigenvalue weighted by molar-refractivity contribution is 7.89. The molecule has 1 aromatic carbocycles. The van der Waals surface area contributed by atoms with Gasteiger partial charge in [0.05, 0.1) is 4.92 Å². The number of nitro benzene ring substituents is 1. The summed E-state index contributed by atoms with van der Waals surface area (Å²) < 4.78 is 39.5. The van der Waals surface area contributed by atoms with Crippen LogP contribution >= 0.6 is 0 Å². The first-order chi connectivity index (χ1) is 9.05. The van der Waals surface area contributed by atoms with Gasteiger partial charge in [-0.25, -0.2) is 8.42 Å². The van der Waals surface area contributed by atoms with E-state index in [1.807, 2.05) is 0 Å². The topological polar surface area (TPSA) is 80.5 Å². The van der Waals surface area contributed by atoms with E-state index in [2.05, 4.69) is 0 Å². The van der Waals surface area contributed by atoms with Crippen molar-refractivity contribution in [1.82, 2.24) is 4.31 Å². The van der Waals surface area contributed by atoms with Gasteiger partial charge in [0.1, 0.15) is 0 Å². The highest BCUT2D eigenvalue weighted by Crippen LogP contribution is 2.32. The molecule has 0 bridgehead atoms. The van der Waals surface area contributed by atoms with Gasteiger partial charge in [-0.05, 0) is 32.4 Å². The van der Waals surface area contributed by atoms with Crippen molar-refractivity contribution in [2.75, 3.05) is 7.05 Å². The molecule has 112 valence electrons. The average Bonchev–Trinajstić information content (AvgIpc) is 2.36. The fraction of sp³-hybridized carbons (Fsp3) is 0.500. The van der Waals surface area contributed by atoms with Crippen molar-refractivity contribution in [2.45, 2.75) is 37.6 Å². The lowest BCUT2D eigenvalue weighted by atomic mass is 10.0. The fourth-order valence-corrected chi connectivity index (χ4v) is 3.32. The van der Waals surface area contributed by atoms with Crippen LogP contribution in [0.25, 0.3) is 0 Å². The van der Waals surface area contributed by atoms with E-state index in [9.17, 15) is 22.9 Å². The molecule has 0 aliphatic rings. The molecule has 0 atom stereocenters. The second-order valence-electron chi connectivity index (χ2n) is 4.98. The Morgan fingerprint density at radius 2 is 1.95 bits per heavy atom. The summed E-state index contributed by atoms with van der Waals surface area (Å²) in [6.07, 6.45) is 0.506. The van der Waals surface area contributed by atoms with E-state index in [0.717, 1.165) is 22.5 Å². The molecule has 0 amide bonds. The number of nitrogens with zero attached hydrogens (tertiary/aromatic N) is 2. The lowest BCUT2D eigenvalue weighted by molar-refractivity contribution is -0.390. The smallest absolute Gasteiger partial charge is 0.258 e. The second kappa shape index (κ2) is 5.45. The normalized spacial score (nSPS) is 12.7. The number of sulfonamides is 1. The predicted molar refractivity (Wildman–Crippen MR) is 72.4 cm³/mol. The van der Waals surface area contributed by atoms with Crippen LogP contribution in [-0.4, -0.2) is 30.2 Å². The Morgan fingerprint density at radius 3 is 2.40 bits per heavy atom. The first kappa shape index (κ1) is 16.5. The zero-order valence-corrected chi connectivity index (χ0v) is 12.6. The van der Waals surface area contributed by atoms with E-state index in [1.165, 1.54) is 7.05 Å². The molecule has 1 aromatic rings. The zero-order valence-electron chi connectivity index (χ0n) is 11.8. The van der Waals surface area contributed by atoms with E-state index in [0.29, 0.717) is 6.42 Å². The number of para-hydroxylation sites is 1. The van der Waals surface area contributed by atoms with Gasteiger partial charge in [0.15, 0.2) is 4.90 Å². The van der Waals surface area contributed by atoms with Crippen molar-refractivity contribution < 1.29 is 17.7 Å². The summed E-state index contributed by atoms with van der Waals surface area (Å²) in [5, 5.41) is 10.9. The van der Waals surface area contributed by atoms with Gasteiger partial charge in [-0.15, -0.1) is 0 Å². The van der Waals surface area contributed by atoms with Gasteiger partial charge in [-0.3, -0.25) is 10.1 Å². The van der Waals surface area contributed by atoms with Crippen LogP contribution in [0.1, 0.15) is 27.2 Å². The summed E-state index contributed by atoms with van der Waals surface area (Å²) in [6.45, 7) is 5.18. The molecule has 0 fully saturated rings. The zero-order chi connectivity index (χ0) is 15.7. The molecule has 0 unspecified atom stereocenters. The molecule has 0 saturated heterocycles. The van der Waals surface area contributed by atoms with Gasteiger partial charge in [0.25, 0.3) is 0 Å². The number of nitro groups is 1. The van der Waals surface area contributed by atoms with Crippen molar-refractivity contribution in [3.05, 3.63) is 34.1 Å². The molecule has 0 radical (unpaired) electrons. The Morgan fingerprint density at radius 1 is 1.40 bits per heavy atom. The Labute approximate surface area is 117 Å². The van der Waals surface area contributed by atoms with Crippen LogP contribution in [-0.2, 0) is 10.0 Å². The molecule has 0 spiro atoms. The van der Waals surface area contributed by atoms with Gasteiger partial charge in [0.2, 0.25) is 15.8 Å². The van der Waals surface area contributed by atoms with E-state index in [-0.39, 0.29) is 0 Å².